The van der Waals surface area contributed by atoms with Crippen molar-refractivity contribution in [2.45, 2.75) is 30.1 Å². The molecule has 0 aliphatic carbocycles. The topological polar surface area (TPSA) is 76.7 Å². The molecule has 0 fully saturated rings. The summed E-state index contributed by atoms with van der Waals surface area (Å²) in [7, 11) is 0. The zero-order chi connectivity index (χ0) is 21.2. The Morgan fingerprint density at radius 2 is 1.21 bits per heavy atom. The summed E-state index contributed by atoms with van der Waals surface area (Å²) in [5.41, 5.74) is 2.68. The maximum atomic E-state index is 11.7. The number of anilines is 2. The highest BCUT2D eigenvalue weighted by atomic mass is 32.1. The van der Waals surface area contributed by atoms with Gasteiger partial charge in [0, 0.05) is 34.3 Å². The van der Waals surface area contributed by atoms with E-state index >= 15 is 0 Å². The van der Waals surface area contributed by atoms with Gasteiger partial charge in [0.15, 0.2) is 0 Å². The Labute approximate surface area is 182 Å². The van der Waals surface area contributed by atoms with Gasteiger partial charge in [-0.15, -0.1) is 25.3 Å². The number of hydrogen-bond acceptors (Lipinski definition) is 8. The van der Waals surface area contributed by atoms with Crippen LogP contribution in [0.5, 0.6) is 0 Å². The van der Waals surface area contributed by atoms with Gasteiger partial charge in [-0.2, -0.15) is 0 Å². The summed E-state index contributed by atoms with van der Waals surface area (Å²) >= 11 is 8.87. The number of ether oxygens (including phenoxy) is 2. The molecular formula is C21H26N2O4S2. The predicted molar refractivity (Wildman–Crippen MR) is 121 cm³/mol. The first-order chi connectivity index (χ1) is 14.0. The molecule has 2 rings (SSSR count). The Morgan fingerprint density at radius 3 is 1.55 bits per heavy atom. The quantitative estimate of drug-likeness (QED) is 0.250. The van der Waals surface area contributed by atoms with E-state index in [1.807, 2.05) is 12.1 Å². The van der Waals surface area contributed by atoms with Crippen LogP contribution in [0.15, 0.2) is 46.2 Å². The Hall–Kier alpha value is -2.32. The van der Waals surface area contributed by atoms with Crippen LogP contribution in [-0.4, -0.2) is 38.2 Å². The highest BCUT2D eigenvalue weighted by Gasteiger charge is 2.10. The van der Waals surface area contributed by atoms with Crippen LogP contribution in [0, 0.1) is 0 Å². The first kappa shape index (κ1) is 23.0. The lowest BCUT2D eigenvalue weighted by atomic mass is 10.2. The standard InChI is InChI=1S/C21H26N2O4S2/c1-3-26-20(24)14-6-8-16(18(28)12-14)22-10-5-11-23-17-9-7-15(13-19(17)29)21(25)27-4-2/h6-9,12-13,22-23,28-29H,3-5,10-11H2,1-2H3. The Kier molecular flexibility index (Phi) is 9.21. The number of thiol groups is 2. The number of benzene rings is 2. The van der Waals surface area contributed by atoms with E-state index in [2.05, 4.69) is 35.9 Å². The van der Waals surface area contributed by atoms with E-state index in [9.17, 15) is 9.59 Å². The van der Waals surface area contributed by atoms with Gasteiger partial charge < -0.3 is 20.1 Å². The third kappa shape index (κ3) is 6.90. The second-order valence-electron chi connectivity index (χ2n) is 6.11. The molecule has 2 aromatic rings. The van der Waals surface area contributed by atoms with Crippen molar-refractivity contribution in [2.24, 2.45) is 0 Å². The van der Waals surface area contributed by atoms with Crippen LogP contribution < -0.4 is 10.6 Å². The average molecular weight is 435 g/mol. The third-order valence-corrected chi connectivity index (χ3v) is 4.74. The van der Waals surface area contributed by atoms with Crippen LogP contribution in [0.1, 0.15) is 41.0 Å². The van der Waals surface area contributed by atoms with Crippen molar-refractivity contribution < 1.29 is 19.1 Å². The fourth-order valence-electron chi connectivity index (χ4n) is 2.58. The van der Waals surface area contributed by atoms with Gasteiger partial charge in [-0.05, 0) is 56.7 Å². The molecule has 6 nitrogen and oxygen atoms in total. The van der Waals surface area contributed by atoms with Crippen LogP contribution in [0.2, 0.25) is 0 Å². The van der Waals surface area contributed by atoms with Crippen molar-refractivity contribution in [3.05, 3.63) is 47.5 Å². The fourth-order valence-corrected chi connectivity index (χ4v) is 3.16. The van der Waals surface area contributed by atoms with E-state index in [-0.39, 0.29) is 11.9 Å². The van der Waals surface area contributed by atoms with Crippen LogP contribution in [0.25, 0.3) is 0 Å². The van der Waals surface area contributed by atoms with Crippen molar-refractivity contribution in [3.63, 3.8) is 0 Å². The molecule has 0 saturated heterocycles. The summed E-state index contributed by atoms with van der Waals surface area (Å²) < 4.78 is 9.97. The molecule has 0 atom stereocenters. The van der Waals surface area contributed by atoms with Crippen LogP contribution >= 0.6 is 25.3 Å². The van der Waals surface area contributed by atoms with Gasteiger partial charge in [0.25, 0.3) is 0 Å². The molecule has 0 spiro atoms. The second kappa shape index (κ2) is 11.6. The molecule has 0 aliphatic rings. The summed E-state index contributed by atoms with van der Waals surface area (Å²) in [6, 6.07) is 10.5. The van der Waals surface area contributed by atoms with E-state index in [0.29, 0.717) is 34.1 Å². The molecule has 156 valence electrons. The largest absolute Gasteiger partial charge is 0.462 e. The smallest absolute Gasteiger partial charge is 0.338 e. The van der Waals surface area contributed by atoms with Crippen molar-refractivity contribution in [3.8, 4) is 0 Å². The van der Waals surface area contributed by atoms with E-state index in [1.54, 1.807) is 38.1 Å². The number of carbonyl (C=O) groups is 2. The molecule has 0 aromatic heterocycles. The number of hydrogen-bond donors (Lipinski definition) is 4. The predicted octanol–water partition coefficient (Wildman–Crippen LogP) is 4.53. The summed E-state index contributed by atoms with van der Waals surface area (Å²) in [4.78, 5) is 24.9. The lowest BCUT2D eigenvalue weighted by Crippen LogP contribution is -2.11. The van der Waals surface area contributed by atoms with Crippen LogP contribution in [0.3, 0.4) is 0 Å². The molecule has 0 bridgehead atoms. The Balaban J connectivity index is 1.80. The Morgan fingerprint density at radius 1 is 0.793 bits per heavy atom. The highest BCUT2D eigenvalue weighted by molar-refractivity contribution is 7.80. The molecular weight excluding hydrogens is 408 g/mol. The minimum absolute atomic E-state index is 0.341. The van der Waals surface area contributed by atoms with Gasteiger partial charge in [0.05, 0.1) is 24.3 Å². The highest BCUT2D eigenvalue weighted by Crippen LogP contribution is 2.23. The molecule has 8 heteroatoms. The average Bonchev–Trinajstić information content (AvgIpc) is 2.70. The van der Waals surface area contributed by atoms with Crippen LogP contribution in [0.4, 0.5) is 11.4 Å². The third-order valence-electron chi connectivity index (χ3n) is 4.00. The lowest BCUT2D eigenvalue weighted by molar-refractivity contribution is 0.0516. The normalized spacial score (nSPS) is 10.3. The second-order valence-corrected chi connectivity index (χ2v) is 7.08. The summed E-state index contributed by atoms with van der Waals surface area (Å²) in [5, 5.41) is 6.60. The monoisotopic (exact) mass is 434 g/mol. The first-order valence-electron chi connectivity index (χ1n) is 9.44. The molecule has 0 heterocycles. The molecule has 29 heavy (non-hydrogen) atoms. The number of esters is 2. The molecule has 2 N–H and O–H groups in total. The zero-order valence-electron chi connectivity index (χ0n) is 16.5. The van der Waals surface area contributed by atoms with E-state index < -0.39 is 0 Å². The van der Waals surface area contributed by atoms with Gasteiger partial charge in [0.2, 0.25) is 0 Å². The molecule has 0 amide bonds. The number of nitrogens with one attached hydrogen (secondary N) is 2. The lowest BCUT2D eigenvalue weighted by Gasteiger charge is -2.12. The maximum Gasteiger partial charge on any atom is 0.338 e. The van der Waals surface area contributed by atoms with Gasteiger partial charge in [0.1, 0.15) is 0 Å². The van der Waals surface area contributed by atoms with E-state index in [1.165, 1.54) is 0 Å². The number of rotatable bonds is 10. The van der Waals surface area contributed by atoms with E-state index in [0.717, 1.165) is 30.9 Å². The summed E-state index contributed by atoms with van der Waals surface area (Å²) in [6.45, 7) is 5.68. The molecule has 0 aliphatic heterocycles. The van der Waals surface area contributed by atoms with Crippen molar-refractivity contribution in [1.29, 1.82) is 0 Å². The minimum Gasteiger partial charge on any atom is -0.462 e. The van der Waals surface area contributed by atoms with Crippen molar-refractivity contribution in [2.75, 3.05) is 36.9 Å². The zero-order valence-corrected chi connectivity index (χ0v) is 18.3. The van der Waals surface area contributed by atoms with Gasteiger partial charge in [-0.1, -0.05) is 0 Å². The SMILES string of the molecule is CCOC(=O)c1ccc(NCCCNc2ccc(C(=O)OCC)cc2S)c(S)c1. The maximum absolute atomic E-state index is 11.7. The van der Waals surface area contributed by atoms with Gasteiger partial charge >= 0.3 is 11.9 Å². The molecule has 0 radical (unpaired) electrons. The van der Waals surface area contributed by atoms with Crippen molar-refractivity contribution in [1.82, 2.24) is 0 Å². The first-order valence-corrected chi connectivity index (χ1v) is 10.3. The Bertz CT molecular complexity index is 789. The summed E-state index contributed by atoms with van der Waals surface area (Å²) in [5.74, 6) is -0.704. The van der Waals surface area contributed by atoms with Crippen LogP contribution in [-0.2, 0) is 9.47 Å². The van der Waals surface area contributed by atoms with Crippen molar-refractivity contribution >= 4 is 48.6 Å². The van der Waals surface area contributed by atoms with Gasteiger partial charge in [-0.3, -0.25) is 0 Å². The molecule has 0 saturated carbocycles. The van der Waals surface area contributed by atoms with Gasteiger partial charge in [-0.25, -0.2) is 9.59 Å². The van der Waals surface area contributed by atoms with E-state index in [4.69, 9.17) is 9.47 Å². The minimum atomic E-state index is -0.352. The number of carbonyl (C=O) groups excluding carboxylic acids is 2. The molecule has 0 unspecified atom stereocenters. The molecule has 2 aromatic carbocycles. The summed E-state index contributed by atoms with van der Waals surface area (Å²) in [6.07, 6.45) is 0.847. The fraction of sp³-hybridized carbons (Fsp3) is 0.333.